The molecule has 0 bridgehead atoms. The molecule has 0 heterocycles. The predicted molar refractivity (Wildman–Crippen MR) is 90.1 cm³/mol. The average molecular weight is 393 g/mol. The highest BCUT2D eigenvalue weighted by molar-refractivity contribution is 7.58. The fraction of sp³-hybridized carbons (Fsp3) is 0.750. The van der Waals surface area contributed by atoms with Crippen molar-refractivity contribution in [1.29, 1.82) is 0 Å². The van der Waals surface area contributed by atoms with E-state index in [0.29, 0.717) is 11.8 Å². The van der Waals surface area contributed by atoms with Crippen molar-refractivity contribution in [3.63, 3.8) is 0 Å². The molecular formula is C16H27O7P2-3. The van der Waals surface area contributed by atoms with Crippen molar-refractivity contribution in [2.75, 3.05) is 6.61 Å². The molecule has 4 atom stereocenters. The van der Waals surface area contributed by atoms with Crippen molar-refractivity contribution in [1.82, 2.24) is 0 Å². The Morgan fingerprint density at radius 1 is 1.24 bits per heavy atom. The molecular weight excluding hydrogens is 366 g/mol. The maximum absolute atomic E-state index is 11.2. The maximum atomic E-state index is 11.2. The molecule has 9 heteroatoms. The first-order valence-corrected chi connectivity index (χ1v) is 11.1. The normalized spacial score (nSPS) is 30.7. The van der Waals surface area contributed by atoms with Gasteiger partial charge in [-0.05, 0) is 50.9 Å². The van der Waals surface area contributed by atoms with Gasteiger partial charge >= 0.3 is 0 Å². The zero-order chi connectivity index (χ0) is 19.6. The van der Waals surface area contributed by atoms with E-state index < -0.39 is 15.6 Å². The Kier molecular flexibility index (Phi) is 7.45. The highest BCUT2D eigenvalue weighted by Gasteiger charge is 2.42. The number of allylic oxidation sites excluding steroid dienone is 3. The Bertz CT molecular complexity index is 649. The Labute approximate surface area is 150 Å². The fourth-order valence-electron chi connectivity index (χ4n) is 3.45. The van der Waals surface area contributed by atoms with Gasteiger partial charge in [0.2, 0.25) is 0 Å². The van der Waals surface area contributed by atoms with Crippen LogP contribution in [0.2, 0.25) is 0 Å². The Morgan fingerprint density at radius 2 is 1.80 bits per heavy atom. The van der Waals surface area contributed by atoms with Crippen LogP contribution >= 0.6 is 15.6 Å². The minimum atomic E-state index is -5.64. The van der Waals surface area contributed by atoms with Crippen LogP contribution in [-0.4, -0.2) is 6.61 Å². The monoisotopic (exact) mass is 393 g/mol. The minimum Gasteiger partial charge on any atom is -0.790 e. The summed E-state index contributed by atoms with van der Waals surface area (Å²) < 4.78 is 29.3. The van der Waals surface area contributed by atoms with E-state index in [1.165, 1.54) is 11.1 Å². The number of phosphoric ester groups is 1. The van der Waals surface area contributed by atoms with E-state index in [2.05, 4.69) is 43.5 Å². The molecule has 0 aromatic carbocycles. The first kappa shape index (κ1) is 22.8. The van der Waals surface area contributed by atoms with Crippen LogP contribution in [0.25, 0.3) is 0 Å². The summed E-state index contributed by atoms with van der Waals surface area (Å²) in [6.07, 6.45) is 3.23. The summed E-state index contributed by atoms with van der Waals surface area (Å²) in [6.45, 7) is 12.6. The molecule has 0 radical (unpaired) electrons. The summed E-state index contributed by atoms with van der Waals surface area (Å²) in [5.41, 5.74) is 3.86. The van der Waals surface area contributed by atoms with Gasteiger partial charge in [-0.2, -0.15) is 0 Å². The molecule has 1 rings (SSSR count). The zero-order valence-corrected chi connectivity index (χ0v) is 17.4. The third kappa shape index (κ3) is 6.14. The van der Waals surface area contributed by atoms with Crippen molar-refractivity contribution in [3.8, 4) is 0 Å². The minimum absolute atomic E-state index is 0.0914. The number of phosphoric acid groups is 2. The largest absolute Gasteiger partial charge is 0.790 e. The van der Waals surface area contributed by atoms with Crippen LogP contribution in [0, 0.1) is 17.3 Å². The lowest BCUT2D eigenvalue weighted by atomic mass is 9.71. The highest BCUT2D eigenvalue weighted by Crippen LogP contribution is 2.53. The molecule has 1 aliphatic rings. The molecule has 0 saturated heterocycles. The van der Waals surface area contributed by atoms with Crippen molar-refractivity contribution in [3.05, 3.63) is 22.8 Å². The van der Waals surface area contributed by atoms with Crippen LogP contribution < -0.4 is 14.7 Å². The SMILES string of the molecule is CC1=C(C)[C@@](C)(CC/C(C)=C/COP(=O)([O-])OP(=O)([O-])[O-])[C@H](C)[C@H]1C. The van der Waals surface area contributed by atoms with E-state index in [9.17, 15) is 23.8 Å². The molecule has 0 N–H and O–H groups in total. The van der Waals surface area contributed by atoms with Crippen LogP contribution in [-0.2, 0) is 18.0 Å². The van der Waals surface area contributed by atoms with E-state index in [1.54, 1.807) is 6.08 Å². The van der Waals surface area contributed by atoms with Gasteiger partial charge in [-0.15, -0.1) is 0 Å². The number of hydrogen-bond donors (Lipinski definition) is 0. The molecule has 0 amide bonds. The smallest absolute Gasteiger partial charge is 0.272 e. The lowest BCUT2D eigenvalue weighted by Gasteiger charge is -2.35. The maximum Gasteiger partial charge on any atom is 0.272 e. The molecule has 146 valence electrons. The van der Waals surface area contributed by atoms with E-state index in [1.807, 2.05) is 6.92 Å². The van der Waals surface area contributed by atoms with Gasteiger partial charge in [0, 0.05) is 0 Å². The van der Waals surface area contributed by atoms with Gasteiger partial charge < -0.3 is 23.8 Å². The van der Waals surface area contributed by atoms with Crippen molar-refractivity contribution < 1.29 is 32.6 Å². The standard InChI is InChI=1S/C16H30O7P2/c1-11(8-10-22-25(20,21)23-24(17,18)19)7-9-16(6)14(4)12(2)13(3)15(16)5/h8,12,14H,7,9-10H2,1-6H3,(H,20,21)(H2,17,18,19)/p-3/b11-8+/t12-,14+,16-/m0/s1. The first-order valence-electron chi connectivity index (χ1n) is 8.22. The number of hydrogen-bond acceptors (Lipinski definition) is 7. The molecule has 0 aromatic heterocycles. The van der Waals surface area contributed by atoms with Crippen molar-refractivity contribution >= 4 is 15.6 Å². The molecule has 25 heavy (non-hydrogen) atoms. The molecule has 1 aliphatic carbocycles. The van der Waals surface area contributed by atoms with Crippen LogP contribution in [0.1, 0.15) is 54.4 Å². The molecule has 0 fully saturated rings. The second kappa shape index (κ2) is 8.18. The van der Waals surface area contributed by atoms with Gasteiger partial charge in [-0.1, -0.05) is 43.6 Å². The second-order valence-electron chi connectivity index (χ2n) is 7.13. The molecule has 0 spiro atoms. The summed E-state index contributed by atoms with van der Waals surface area (Å²) in [4.78, 5) is 31.8. The van der Waals surface area contributed by atoms with Crippen LogP contribution in [0.4, 0.5) is 0 Å². The molecule has 7 nitrogen and oxygen atoms in total. The van der Waals surface area contributed by atoms with E-state index >= 15 is 0 Å². The van der Waals surface area contributed by atoms with Crippen molar-refractivity contribution in [2.24, 2.45) is 17.3 Å². The second-order valence-corrected chi connectivity index (χ2v) is 9.83. The zero-order valence-electron chi connectivity index (χ0n) is 15.6. The van der Waals surface area contributed by atoms with Gasteiger partial charge in [0.1, 0.15) is 0 Å². The summed E-state index contributed by atoms with van der Waals surface area (Å²) in [6, 6.07) is 0. The van der Waals surface area contributed by atoms with Gasteiger partial charge in [0.15, 0.2) is 0 Å². The van der Waals surface area contributed by atoms with Gasteiger partial charge in [0.05, 0.1) is 14.4 Å². The number of rotatable bonds is 8. The van der Waals surface area contributed by atoms with Crippen LogP contribution in [0.3, 0.4) is 0 Å². The van der Waals surface area contributed by atoms with E-state index in [0.717, 1.165) is 18.4 Å². The molecule has 0 aliphatic heterocycles. The predicted octanol–water partition coefficient (Wildman–Crippen LogP) is 2.67. The first-order chi connectivity index (χ1) is 11.2. The molecule has 1 unspecified atom stereocenters. The Balaban J connectivity index is 2.60. The van der Waals surface area contributed by atoms with Gasteiger partial charge in [0.25, 0.3) is 7.82 Å². The van der Waals surface area contributed by atoms with Crippen LogP contribution in [0.15, 0.2) is 22.8 Å². The fourth-order valence-corrected chi connectivity index (χ4v) is 4.88. The average Bonchev–Trinajstić information content (AvgIpc) is 2.59. The molecule has 0 saturated carbocycles. The van der Waals surface area contributed by atoms with Crippen LogP contribution in [0.5, 0.6) is 0 Å². The quantitative estimate of drug-likeness (QED) is 0.459. The third-order valence-corrected chi connectivity index (χ3v) is 7.85. The summed E-state index contributed by atoms with van der Waals surface area (Å²) in [5.74, 6) is 1.06. The lowest BCUT2D eigenvalue weighted by molar-refractivity contribution is -0.339. The lowest BCUT2D eigenvalue weighted by Crippen LogP contribution is -2.25. The van der Waals surface area contributed by atoms with Gasteiger partial charge in [-0.25, -0.2) is 0 Å². The Morgan fingerprint density at radius 3 is 2.24 bits per heavy atom. The Hall–Kier alpha value is -0.260. The summed E-state index contributed by atoms with van der Waals surface area (Å²) >= 11 is 0. The summed E-state index contributed by atoms with van der Waals surface area (Å²) in [5, 5.41) is 0. The van der Waals surface area contributed by atoms with Crippen molar-refractivity contribution in [2.45, 2.75) is 54.4 Å². The summed E-state index contributed by atoms with van der Waals surface area (Å²) in [7, 11) is -10.8. The van der Waals surface area contributed by atoms with E-state index in [-0.39, 0.29) is 12.0 Å². The van der Waals surface area contributed by atoms with E-state index in [4.69, 9.17) is 0 Å². The highest BCUT2D eigenvalue weighted by atomic mass is 31.3. The topological polar surface area (TPSA) is 122 Å². The van der Waals surface area contributed by atoms with Gasteiger partial charge in [-0.3, -0.25) is 8.88 Å². The third-order valence-electron chi connectivity index (χ3n) is 5.79. The molecule has 0 aromatic rings.